The topological polar surface area (TPSA) is 351 Å². The van der Waals surface area contributed by atoms with Crippen LogP contribution in [0.3, 0.4) is 0 Å². The van der Waals surface area contributed by atoms with Crippen LogP contribution >= 0.6 is 0 Å². The summed E-state index contributed by atoms with van der Waals surface area (Å²) in [4.78, 5) is 65.5. The third-order valence-electron chi connectivity index (χ3n) is 15.0. The maximum absolute atomic E-state index is 10.9. The van der Waals surface area contributed by atoms with Gasteiger partial charge in [-0.1, -0.05) is 0 Å². The van der Waals surface area contributed by atoms with Gasteiger partial charge in [0.25, 0.3) is 0 Å². The molecule has 576 valence electrons. The minimum absolute atomic E-state index is 0.00231. The van der Waals surface area contributed by atoms with Crippen LogP contribution in [0, 0.1) is 17.8 Å². The van der Waals surface area contributed by atoms with Gasteiger partial charge in [0.15, 0.2) is 6.29 Å². The SMILES string of the molecule is COC1COC(=O)C1.COC1COCOC1.COCC1CCC(=O)N1.COCC1CCC(=O)N1C.COCC1CCC(=O)O1.COCC1CCNC1=O.COCC1CCOC1=O.COCC1CCOCO1.COCC1COCCO1.COCC1COCOC1.COCC1OCCCO1. The number of ether oxygens (including phenoxy) is 24. The van der Waals surface area contributed by atoms with Crippen LogP contribution in [-0.2, 0) is 142 Å². The normalized spacial score (nSPS) is 25.9. The summed E-state index contributed by atoms with van der Waals surface area (Å²) in [5, 5.41) is 5.53. The lowest BCUT2D eigenvalue weighted by atomic mass is 10.1. The zero-order chi connectivity index (χ0) is 72.2. The molecule has 33 nitrogen and oxygen atoms in total. The van der Waals surface area contributed by atoms with Crippen LogP contribution in [0.4, 0.5) is 0 Å². The second-order valence-electron chi connectivity index (χ2n) is 23.1. The number of nitrogens with zero attached hydrogens (tertiary/aromatic N) is 1. The lowest BCUT2D eigenvalue weighted by Crippen LogP contribution is -2.31. The Morgan fingerprint density at radius 2 is 1.05 bits per heavy atom. The van der Waals surface area contributed by atoms with E-state index in [0.29, 0.717) is 151 Å². The molecule has 0 aromatic rings. The molecule has 11 rings (SSSR count). The maximum atomic E-state index is 10.9. The molecule has 0 bridgehead atoms. The zero-order valence-electron chi connectivity index (χ0n) is 60.5. The number of esters is 3. The summed E-state index contributed by atoms with van der Waals surface area (Å²) in [6, 6.07) is 0.583. The predicted molar refractivity (Wildman–Crippen MR) is 349 cm³/mol. The maximum Gasteiger partial charge on any atom is 0.311 e. The monoisotopic (exact) mass is 1420 g/mol. The molecular formula is C65H121N3O30. The van der Waals surface area contributed by atoms with Gasteiger partial charge >= 0.3 is 17.9 Å². The molecule has 11 aliphatic rings. The van der Waals surface area contributed by atoms with E-state index in [1.54, 1.807) is 83.1 Å². The van der Waals surface area contributed by atoms with Crippen LogP contribution in [0.1, 0.15) is 70.6 Å². The van der Waals surface area contributed by atoms with Gasteiger partial charge in [-0.3, -0.25) is 28.8 Å². The number of nitrogens with one attached hydrogen (secondary N) is 2. The van der Waals surface area contributed by atoms with E-state index in [9.17, 15) is 28.8 Å². The van der Waals surface area contributed by atoms with Crippen LogP contribution in [0.25, 0.3) is 0 Å². The van der Waals surface area contributed by atoms with Crippen molar-refractivity contribution in [3.63, 3.8) is 0 Å². The first-order valence-electron chi connectivity index (χ1n) is 33.3. The van der Waals surface area contributed by atoms with Crippen molar-refractivity contribution in [3.05, 3.63) is 0 Å². The third-order valence-corrected chi connectivity index (χ3v) is 15.0. The average Bonchev–Trinajstić information content (AvgIpc) is 1.84. The Kier molecular flexibility index (Phi) is 58.9. The zero-order valence-corrected chi connectivity index (χ0v) is 60.5. The van der Waals surface area contributed by atoms with Gasteiger partial charge in [-0.2, -0.15) is 0 Å². The quantitative estimate of drug-likeness (QED) is 0.129. The van der Waals surface area contributed by atoms with E-state index in [0.717, 1.165) is 97.7 Å². The molecule has 11 heterocycles. The molecule has 98 heavy (non-hydrogen) atoms. The van der Waals surface area contributed by atoms with Gasteiger partial charge < -0.3 is 129 Å². The predicted octanol–water partition coefficient (Wildman–Crippen LogP) is 1.52. The average molecular weight is 1420 g/mol. The second-order valence-corrected chi connectivity index (χ2v) is 23.1. The first-order chi connectivity index (χ1) is 47.6. The smallest absolute Gasteiger partial charge is 0.311 e. The van der Waals surface area contributed by atoms with Crippen LogP contribution < -0.4 is 10.6 Å². The van der Waals surface area contributed by atoms with Crippen LogP contribution in [0.15, 0.2) is 0 Å². The standard InChI is InChI=1S/C7H13NO2.2C6H11NO2.3C6H12O3.2C6H10O3.C6H12O3.C5H10O3.C5H8O3/c1-8-6(5-10-2)3-4-7(8)9;1-9-4-5-2-3-7-6(5)8;1-9-4-5-2-3-6(8)7-5;1-7-2-6-3-8-5-9-4-6;1-7-4-6-5-8-2-3-9-6;1-7-4-6-2-3-8-5-9-6;1-8-4-5-2-3-9-6(5)7;1-8-4-5-2-3-6(7)9-5;1-7-5-6-8-3-2-4-9-6;1-6-5-2-7-4-8-3-5;1-7-4-2-5(6)8-3-4/h6H,3-5H2,1-2H3;2*5H,2-4H2,1H3,(H,7,8);3*6H,2-5H2,1H3;2*5H,2-4H2,1H3;6H,2-5H2,1H3;5H,2-4H2,1H3;4H,2-3H2,1H3. The Labute approximate surface area is 580 Å². The van der Waals surface area contributed by atoms with Crippen molar-refractivity contribution in [2.75, 3.05) is 251 Å². The van der Waals surface area contributed by atoms with Crippen LogP contribution in [0.2, 0.25) is 0 Å². The van der Waals surface area contributed by atoms with Crippen LogP contribution in [-0.4, -0.2) is 340 Å². The molecule has 0 spiro atoms. The highest BCUT2D eigenvalue weighted by molar-refractivity contribution is 5.80. The Morgan fingerprint density at radius 1 is 0.439 bits per heavy atom. The van der Waals surface area contributed by atoms with Gasteiger partial charge in [0.05, 0.1) is 169 Å². The van der Waals surface area contributed by atoms with Crippen molar-refractivity contribution in [2.45, 2.75) is 120 Å². The van der Waals surface area contributed by atoms with E-state index < -0.39 is 0 Å². The molecule has 3 amide bonds. The summed E-state index contributed by atoms with van der Waals surface area (Å²) in [5.41, 5.74) is 0. The molecule has 8 atom stereocenters. The van der Waals surface area contributed by atoms with E-state index in [1.165, 1.54) is 0 Å². The summed E-state index contributed by atoms with van der Waals surface area (Å²) < 4.78 is 118. The summed E-state index contributed by atoms with van der Waals surface area (Å²) in [5.74, 6) is 0.690. The molecule has 11 aliphatic heterocycles. The first kappa shape index (κ1) is 92.0. The van der Waals surface area contributed by atoms with Crippen molar-refractivity contribution >= 4 is 35.6 Å². The Bertz CT molecular complexity index is 1800. The number of hydrogen-bond acceptors (Lipinski definition) is 30. The largest absolute Gasteiger partial charge is 0.465 e. The van der Waals surface area contributed by atoms with Crippen LogP contribution in [0.5, 0.6) is 0 Å². The van der Waals surface area contributed by atoms with Crippen molar-refractivity contribution < 1.29 is 142 Å². The molecule has 0 saturated carbocycles. The Balaban J connectivity index is 0.000000539. The Hall–Kier alpha value is -4.02. The molecule has 0 aromatic carbocycles. The van der Waals surface area contributed by atoms with Crippen molar-refractivity contribution in [1.29, 1.82) is 0 Å². The van der Waals surface area contributed by atoms with Crippen molar-refractivity contribution in [3.8, 4) is 0 Å². The summed E-state index contributed by atoms with van der Waals surface area (Å²) in [6.07, 6.45) is 9.13. The molecular weight excluding hydrogens is 1300 g/mol. The van der Waals surface area contributed by atoms with Gasteiger partial charge in [0.1, 0.15) is 51.4 Å². The summed E-state index contributed by atoms with van der Waals surface area (Å²) in [6.45, 7) is 16.0. The summed E-state index contributed by atoms with van der Waals surface area (Å²) in [7, 11) is 19.9. The number of likely N-dealkylation sites (tertiary alicyclic amines) is 1. The number of carbonyl (C=O) groups excluding carboxylic acids is 6. The minimum atomic E-state index is -0.156. The minimum Gasteiger partial charge on any atom is -0.465 e. The fourth-order valence-electron chi connectivity index (χ4n) is 9.55. The van der Waals surface area contributed by atoms with Gasteiger partial charge in [-0.05, 0) is 44.9 Å². The molecule has 0 aliphatic carbocycles. The molecule has 2 N–H and O–H groups in total. The number of likely N-dealkylation sites (N-methyl/N-ethyl adjacent to an activating group) is 1. The van der Waals surface area contributed by atoms with Gasteiger partial charge in [-0.25, -0.2) is 0 Å². The molecule has 11 fully saturated rings. The van der Waals surface area contributed by atoms with E-state index in [1.807, 2.05) is 7.05 Å². The van der Waals surface area contributed by atoms with E-state index in [4.69, 9.17) is 109 Å². The molecule has 0 radical (unpaired) electrons. The molecule has 33 heteroatoms. The molecule has 11 saturated heterocycles. The number of carbonyl (C=O) groups is 6. The Morgan fingerprint density at radius 3 is 1.50 bits per heavy atom. The number of methoxy groups -OCH3 is 11. The fourth-order valence-corrected chi connectivity index (χ4v) is 9.55. The van der Waals surface area contributed by atoms with Gasteiger partial charge in [0.2, 0.25) is 17.7 Å². The van der Waals surface area contributed by atoms with Gasteiger partial charge in [-0.15, -0.1) is 0 Å². The second kappa shape index (κ2) is 62.7. The highest BCUT2D eigenvalue weighted by Gasteiger charge is 2.29. The van der Waals surface area contributed by atoms with Crippen molar-refractivity contribution in [2.24, 2.45) is 17.8 Å². The molecule has 0 aromatic heterocycles. The molecule has 8 unspecified atom stereocenters. The van der Waals surface area contributed by atoms with Gasteiger partial charge in [0, 0.05) is 117 Å². The third kappa shape index (κ3) is 47.2. The van der Waals surface area contributed by atoms with E-state index in [-0.39, 0.29) is 90.3 Å². The van der Waals surface area contributed by atoms with E-state index in [2.05, 4.69) is 15.4 Å². The summed E-state index contributed by atoms with van der Waals surface area (Å²) >= 11 is 0. The number of hydrogen-bond donors (Lipinski definition) is 2. The number of rotatable bonds is 20. The first-order valence-corrected chi connectivity index (χ1v) is 33.3. The highest BCUT2D eigenvalue weighted by Crippen LogP contribution is 2.17. The lowest BCUT2D eigenvalue weighted by molar-refractivity contribution is -0.198. The lowest BCUT2D eigenvalue weighted by Gasteiger charge is -2.21. The highest BCUT2D eigenvalue weighted by atomic mass is 16.7. The fraction of sp³-hybridized carbons (Fsp3) is 0.908. The van der Waals surface area contributed by atoms with E-state index >= 15 is 0 Å². The number of amides is 3. The number of cyclic esters (lactones) is 3. The van der Waals surface area contributed by atoms with Crippen molar-refractivity contribution in [1.82, 2.24) is 15.5 Å².